The first kappa shape index (κ1) is 13.3. The molecule has 3 nitrogen and oxygen atoms in total. The fraction of sp³-hybridized carbons (Fsp3) is 0.500. The molecule has 1 unspecified atom stereocenters. The van der Waals surface area contributed by atoms with Crippen LogP contribution in [0.2, 0.25) is 0 Å². The summed E-state index contributed by atoms with van der Waals surface area (Å²) >= 11 is 3.43. The van der Waals surface area contributed by atoms with Crippen LogP contribution in [0.4, 0.5) is 5.69 Å². The van der Waals surface area contributed by atoms with Crippen molar-refractivity contribution in [1.82, 2.24) is 0 Å². The summed E-state index contributed by atoms with van der Waals surface area (Å²) in [6.07, 6.45) is -0.133. The van der Waals surface area contributed by atoms with Gasteiger partial charge in [0, 0.05) is 7.05 Å². The molecule has 0 saturated carbocycles. The Bertz CT molecular complexity index is 344. The van der Waals surface area contributed by atoms with Crippen LogP contribution in [0.15, 0.2) is 22.7 Å². The van der Waals surface area contributed by atoms with E-state index >= 15 is 0 Å². The Hall–Kier alpha value is -0.740. The number of nitrogens with zero attached hydrogens (tertiary/aromatic N) is 1. The van der Waals surface area contributed by atoms with Gasteiger partial charge in [-0.3, -0.25) is 0 Å². The third-order valence-electron chi connectivity index (χ3n) is 2.32. The van der Waals surface area contributed by atoms with Gasteiger partial charge >= 0.3 is 0 Å². The van der Waals surface area contributed by atoms with E-state index in [0.717, 1.165) is 22.5 Å². The molecule has 16 heavy (non-hydrogen) atoms. The normalized spacial score (nSPS) is 18.1. The number of anilines is 1. The number of para-hydroxylation sites is 1. The highest BCUT2D eigenvalue weighted by Gasteiger charge is 2.24. The summed E-state index contributed by atoms with van der Waals surface area (Å²) in [6, 6.07) is 5.92. The number of benzene rings is 1. The molecule has 90 valence electrons. The zero-order valence-corrected chi connectivity index (χ0v) is 11.5. The van der Waals surface area contributed by atoms with Gasteiger partial charge in [-0.15, -0.1) is 0 Å². The maximum absolute atomic E-state index is 9.06. The summed E-state index contributed by atoms with van der Waals surface area (Å²) in [7, 11) is 2.00. The molecule has 1 aromatic carbocycles. The van der Waals surface area contributed by atoms with Gasteiger partial charge < -0.3 is 14.7 Å². The number of ether oxygens (including phenoxy) is 1. The monoisotopic (exact) mass is 287 g/mol. The Morgan fingerprint density at radius 1 is 1.50 bits per heavy atom. The van der Waals surface area contributed by atoms with Crippen molar-refractivity contribution in [2.45, 2.75) is 20.0 Å². The molecule has 1 aliphatic rings. The van der Waals surface area contributed by atoms with E-state index in [-0.39, 0.29) is 12.7 Å². The van der Waals surface area contributed by atoms with E-state index < -0.39 is 0 Å². The van der Waals surface area contributed by atoms with Crippen LogP contribution < -0.4 is 9.64 Å². The standard InChI is InChI=1S/C10H12BrNO2.C2H6/c1-12-5-7(6-13)14-10-8(11)3-2-4-9(10)12;1-2/h2-4,7,13H,5-6H2,1H3;1-2H3. The highest BCUT2D eigenvalue weighted by Crippen LogP contribution is 2.38. The Kier molecular flexibility index (Phi) is 5.09. The second-order valence-corrected chi connectivity index (χ2v) is 4.25. The first-order valence-electron chi connectivity index (χ1n) is 5.49. The largest absolute Gasteiger partial charge is 0.483 e. The number of aliphatic hydroxyl groups excluding tert-OH is 1. The molecule has 1 atom stereocenters. The summed E-state index contributed by atoms with van der Waals surface area (Å²) in [4.78, 5) is 2.09. The Labute approximate surface area is 105 Å². The molecule has 0 saturated heterocycles. The lowest BCUT2D eigenvalue weighted by atomic mass is 10.2. The van der Waals surface area contributed by atoms with Crippen molar-refractivity contribution in [2.24, 2.45) is 0 Å². The Balaban J connectivity index is 0.000000606. The number of likely N-dealkylation sites (N-methyl/N-ethyl adjacent to an activating group) is 1. The average Bonchev–Trinajstić information content (AvgIpc) is 2.33. The number of halogens is 1. The van der Waals surface area contributed by atoms with E-state index in [1.165, 1.54) is 0 Å². The molecule has 0 aliphatic carbocycles. The Morgan fingerprint density at radius 3 is 2.81 bits per heavy atom. The first-order valence-corrected chi connectivity index (χ1v) is 6.29. The van der Waals surface area contributed by atoms with Crippen LogP contribution in [0.5, 0.6) is 5.75 Å². The van der Waals surface area contributed by atoms with Gasteiger partial charge in [-0.25, -0.2) is 0 Å². The summed E-state index contributed by atoms with van der Waals surface area (Å²) in [6.45, 7) is 4.77. The van der Waals surface area contributed by atoms with Gasteiger partial charge in [0.2, 0.25) is 0 Å². The van der Waals surface area contributed by atoms with E-state index in [9.17, 15) is 0 Å². The molecule has 1 aromatic rings. The van der Waals surface area contributed by atoms with Crippen LogP contribution in [0.1, 0.15) is 13.8 Å². The minimum absolute atomic E-state index is 0.0467. The van der Waals surface area contributed by atoms with Crippen molar-refractivity contribution in [3.63, 3.8) is 0 Å². The van der Waals surface area contributed by atoms with E-state index in [1.54, 1.807) is 0 Å². The van der Waals surface area contributed by atoms with Crippen molar-refractivity contribution in [3.8, 4) is 5.75 Å². The maximum Gasteiger partial charge on any atom is 0.157 e. The predicted molar refractivity (Wildman–Crippen MR) is 70.3 cm³/mol. The lowest BCUT2D eigenvalue weighted by Crippen LogP contribution is -2.39. The van der Waals surface area contributed by atoms with Gasteiger partial charge in [-0.1, -0.05) is 19.9 Å². The number of hydrogen-bond acceptors (Lipinski definition) is 3. The molecule has 0 aromatic heterocycles. The highest BCUT2D eigenvalue weighted by molar-refractivity contribution is 9.10. The van der Waals surface area contributed by atoms with Gasteiger partial charge in [0.05, 0.1) is 23.3 Å². The van der Waals surface area contributed by atoms with E-state index in [2.05, 4.69) is 20.8 Å². The SMILES string of the molecule is CC.CN1CC(CO)Oc2c(Br)cccc21. The molecule has 0 radical (unpaired) electrons. The lowest BCUT2D eigenvalue weighted by molar-refractivity contribution is 0.113. The summed E-state index contributed by atoms with van der Waals surface area (Å²) in [5, 5.41) is 9.06. The van der Waals surface area contributed by atoms with E-state index in [4.69, 9.17) is 9.84 Å². The minimum atomic E-state index is -0.133. The molecule has 2 rings (SSSR count). The topological polar surface area (TPSA) is 32.7 Å². The fourth-order valence-corrected chi connectivity index (χ4v) is 2.07. The molecule has 0 bridgehead atoms. The second-order valence-electron chi connectivity index (χ2n) is 3.39. The van der Waals surface area contributed by atoms with Gasteiger partial charge in [-0.05, 0) is 28.1 Å². The average molecular weight is 288 g/mol. The van der Waals surface area contributed by atoms with Crippen LogP contribution in [0.25, 0.3) is 0 Å². The third-order valence-corrected chi connectivity index (χ3v) is 2.95. The van der Waals surface area contributed by atoms with Crippen LogP contribution in [0.3, 0.4) is 0 Å². The van der Waals surface area contributed by atoms with Crippen molar-refractivity contribution < 1.29 is 9.84 Å². The molecule has 0 spiro atoms. The lowest BCUT2D eigenvalue weighted by Gasteiger charge is -2.33. The molecule has 1 N–H and O–H groups in total. The highest BCUT2D eigenvalue weighted by atomic mass is 79.9. The summed E-state index contributed by atoms with van der Waals surface area (Å²) < 4.78 is 6.57. The maximum atomic E-state index is 9.06. The molecule has 1 heterocycles. The van der Waals surface area contributed by atoms with Crippen molar-refractivity contribution in [2.75, 3.05) is 25.1 Å². The van der Waals surface area contributed by atoms with Gasteiger partial charge in [-0.2, -0.15) is 0 Å². The number of aliphatic hydroxyl groups is 1. The quantitative estimate of drug-likeness (QED) is 0.862. The predicted octanol–water partition coefficient (Wildman–Crippen LogP) is 2.66. The summed E-state index contributed by atoms with van der Waals surface area (Å²) in [5.41, 5.74) is 1.06. The van der Waals surface area contributed by atoms with Crippen LogP contribution in [0, 0.1) is 0 Å². The van der Waals surface area contributed by atoms with Gasteiger partial charge in [0.1, 0.15) is 6.10 Å². The molecular weight excluding hydrogens is 270 g/mol. The molecule has 4 heteroatoms. The van der Waals surface area contributed by atoms with Crippen LogP contribution >= 0.6 is 15.9 Å². The van der Waals surface area contributed by atoms with Crippen molar-refractivity contribution >= 4 is 21.6 Å². The smallest absolute Gasteiger partial charge is 0.157 e. The van der Waals surface area contributed by atoms with Crippen molar-refractivity contribution in [3.05, 3.63) is 22.7 Å². The first-order chi connectivity index (χ1) is 7.72. The molecule has 0 amide bonds. The second kappa shape index (κ2) is 6.11. The van der Waals surface area contributed by atoms with Gasteiger partial charge in [0.25, 0.3) is 0 Å². The van der Waals surface area contributed by atoms with Crippen LogP contribution in [-0.4, -0.2) is 31.4 Å². The Morgan fingerprint density at radius 2 is 2.19 bits per heavy atom. The van der Waals surface area contributed by atoms with Crippen molar-refractivity contribution in [1.29, 1.82) is 0 Å². The van der Waals surface area contributed by atoms with Gasteiger partial charge in [0.15, 0.2) is 5.75 Å². The van der Waals surface area contributed by atoms with E-state index in [1.807, 2.05) is 39.1 Å². The molecule has 0 fully saturated rings. The minimum Gasteiger partial charge on any atom is -0.483 e. The van der Waals surface area contributed by atoms with E-state index in [0.29, 0.717) is 0 Å². The third kappa shape index (κ3) is 2.68. The molecule has 1 aliphatic heterocycles. The summed E-state index contributed by atoms with van der Waals surface area (Å²) in [5.74, 6) is 0.820. The number of rotatable bonds is 1. The molecular formula is C12H18BrNO2. The zero-order chi connectivity index (χ0) is 12.1. The van der Waals surface area contributed by atoms with Crippen LogP contribution in [-0.2, 0) is 0 Å². The fourth-order valence-electron chi connectivity index (χ4n) is 1.62. The number of hydrogen-bond donors (Lipinski definition) is 1. The zero-order valence-electron chi connectivity index (χ0n) is 9.90. The number of fused-ring (bicyclic) bond motifs is 1.